The molecule has 0 atom stereocenters. The summed E-state index contributed by atoms with van der Waals surface area (Å²) in [5, 5.41) is 7.61. The Balaban J connectivity index is 2.06. The van der Waals surface area contributed by atoms with Crippen molar-refractivity contribution in [2.24, 2.45) is 12.0 Å². The van der Waals surface area contributed by atoms with Crippen LogP contribution in [-0.4, -0.2) is 44.9 Å². The highest BCUT2D eigenvalue weighted by Crippen LogP contribution is 2.39. The minimum atomic E-state index is 0.456. The third kappa shape index (κ3) is 5.64. The van der Waals surface area contributed by atoms with Gasteiger partial charge in [0.2, 0.25) is 5.75 Å². The van der Waals surface area contributed by atoms with E-state index in [4.69, 9.17) is 37.4 Å². The number of nitrogens with zero attached hydrogens (tertiary/aromatic N) is 2. The van der Waals surface area contributed by atoms with E-state index in [9.17, 15) is 0 Å². The van der Waals surface area contributed by atoms with Crippen molar-refractivity contribution < 1.29 is 14.2 Å². The topological polar surface area (TPSA) is 69.0 Å². The maximum Gasteiger partial charge on any atom is 0.203 e. The van der Waals surface area contributed by atoms with Crippen LogP contribution in [0.3, 0.4) is 0 Å². The molecule has 0 fully saturated rings. The smallest absolute Gasteiger partial charge is 0.203 e. The molecule has 29 heavy (non-hydrogen) atoms. The number of hydrogen-bond acceptors (Lipinski definition) is 4. The maximum absolute atomic E-state index is 6.12. The Labute approximate surface area is 181 Å². The molecule has 0 aliphatic rings. The van der Waals surface area contributed by atoms with Crippen LogP contribution >= 0.6 is 23.2 Å². The predicted molar refractivity (Wildman–Crippen MR) is 118 cm³/mol. The number of rotatable bonds is 9. The number of hydrogen-bond donors (Lipinski definition) is 2. The van der Waals surface area contributed by atoms with Crippen LogP contribution in [-0.2, 0) is 20.0 Å². The molecule has 0 aliphatic carbocycles. The first-order valence-corrected chi connectivity index (χ1v) is 10.0. The monoisotopic (exact) mass is 442 g/mol. The first kappa shape index (κ1) is 23.0. The van der Waals surface area contributed by atoms with E-state index in [1.165, 1.54) is 0 Å². The number of aromatic nitrogens is 1. The second-order valence-corrected chi connectivity index (χ2v) is 6.96. The largest absolute Gasteiger partial charge is 0.493 e. The second kappa shape index (κ2) is 11.1. The van der Waals surface area contributed by atoms with E-state index >= 15 is 0 Å². The molecule has 0 amide bonds. The van der Waals surface area contributed by atoms with Gasteiger partial charge < -0.3 is 29.4 Å². The number of benzene rings is 1. The second-order valence-electron chi connectivity index (χ2n) is 6.20. The van der Waals surface area contributed by atoms with Crippen LogP contribution in [0, 0.1) is 0 Å². The van der Waals surface area contributed by atoms with Crippen molar-refractivity contribution in [2.45, 2.75) is 19.9 Å². The van der Waals surface area contributed by atoms with Crippen LogP contribution in [0.1, 0.15) is 18.2 Å². The van der Waals surface area contributed by atoms with Gasteiger partial charge in [0.05, 0.1) is 32.9 Å². The van der Waals surface area contributed by atoms with Crippen molar-refractivity contribution in [3.05, 3.63) is 39.6 Å². The molecule has 0 radical (unpaired) electrons. The summed E-state index contributed by atoms with van der Waals surface area (Å²) in [6.45, 7) is 3.88. The van der Waals surface area contributed by atoms with Gasteiger partial charge in [-0.2, -0.15) is 0 Å². The van der Waals surface area contributed by atoms with Gasteiger partial charge in [0.1, 0.15) is 5.15 Å². The summed E-state index contributed by atoms with van der Waals surface area (Å²) in [6, 6.07) is 5.67. The van der Waals surface area contributed by atoms with Crippen LogP contribution in [0.25, 0.3) is 0 Å². The molecule has 7 nitrogen and oxygen atoms in total. The van der Waals surface area contributed by atoms with Gasteiger partial charge >= 0.3 is 0 Å². The van der Waals surface area contributed by atoms with Gasteiger partial charge in [-0.25, -0.2) is 4.99 Å². The zero-order valence-electron chi connectivity index (χ0n) is 17.4. The van der Waals surface area contributed by atoms with Crippen LogP contribution < -0.4 is 24.8 Å². The lowest BCUT2D eigenvalue weighted by atomic mass is 10.1. The number of halogens is 2. The van der Waals surface area contributed by atoms with Gasteiger partial charge in [-0.3, -0.25) is 0 Å². The summed E-state index contributed by atoms with van der Waals surface area (Å²) in [5.41, 5.74) is 1.94. The van der Waals surface area contributed by atoms with E-state index in [1.54, 1.807) is 21.3 Å². The molecule has 2 N–H and O–H groups in total. The third-order valence-electron chi connectivity index (χ3n) is 4.43. The van der Waals surface area contributed by atoms with Gasteiger partial charge in [-0.05, 0) is 25.5 Å². The van der Waals surface area contributed by atoms with Crippen molar-refractivity contribution in [3.63, 3.8) is 0 Å². The van der Waals surface area contributed by atoms with E-state index in [-0.39, 0.29) is 0 Å². The first-order valence-electron chi connectivity index (χ1n) is 9.26. The average Bonchev–Trinajstić information content (AvgIpc) is 2.97. The summed E-state index contributed by atoms with van der Waals surface area (Å²) in [7, 11) is 6.68. The maximum atomic E-state index is 6.12. The summed E-state index contributed by atoms with van der Waals surface area (Å²) in [5.74, 6) is 2.60. The number of aliphatic imine (C=N–C) groups is 1. The van der Waals surface area contributed by atoms with Crippen LogP contribution in [0.4, 0.5) is 0 Å². The molecule has 1 aromatic carbocycles. The number of nitrogens with one attached hydrogen (secondary N) is 2. The molecular weight excluding hydrogens is 415 g/mol. The fourth-order valence-electron chi connectivity index (χ4n) is 2.92. The molecule has 0 unspecified atom stereocenters. The molecular formula is C20H28Cl2N4O3. The Morgan fingerprint density at radius 2 is 1.79 bits per heavy atom. The van der Waals surface area contributed by atoms with Crippen LogP contribution in [0.15, 0.2) is 23.2 Å². The van der Waals surface area contributed by atoms with E-state index in [0.717, 1.165) is 24.2 Å². The van der Waals surface area contributed by atoms with Crippen molar-refractivity contribution in [3.8, 4) is 17.2 Å². The van der Waals surface area contributed by atoms with E-state index in [0.29, 0.717) is 46.5 Å². The number of guanidine groups is 1. The molecule has 0 saturated carbocycles. The summed E-state index contributed by atoms with van der Waals surface area (Å²) in [4.78, 5) is 4.61. The molecule has 0 spiro atoms. The summed E-state index contributed by atoms with van der Waals surface area (Å²) >= 11 is 12.2. The van der Waals surface area contributed by atoms with Gasteiger partial charge in [-0.1, -0.05) is 29.3 Å². The molecule has 0 aliphatic heterocycles. The Bertz CT molecular complexity index is 853. The average molecular weight is 443 g/mol. The molecule has 0 bridgehead atoms. The standard InChI is InChI=1S/C20H28Cl2N4O3/c1-6-23-20(25-12-14-11-15(21)19(22)26(14)2)24-10-9-13-7-8-16(27-3)18(29-5)17(13)28-4/h7-8,11H,6,9-10,12H2,1-5H3,(H2,23,24,25). The fourth-order valence-corrected chi connectivity index (χ4v) is 3.33. The van der Waals surface area contributed by atoms with E-state index < -0.39 is 0 Å². The summed E-state index contributed by atoms with van der Waals surface area (Å²) in [6.07, 6.45) is 0.718. The minimum absolute atomic E-state index is 0.456. The lowest BCUT2D eigenvalue weighted by Gasteiger charge is -2.16. The highest BCUT2D eigenvalue weighted by molar-refractivity contribution is 6.41. The Kier molecular flexibility index (Phi) is 8.79. The Morgan fingerprint density at radius 1 is 1.07 bits per heavy atom. The van der Waals surface area contributed by atoms with Gasteiger partial charge in [0.25, 0.3) is 0 Å². The summed E-state index contributed by atoms with van der Waals surface area (Å²) < 4.78 is 18.1. The highest BCUT2D eigenvalue weighted by Gasteiger charge is 2.15. The molecule has 9 heteroatoms. The molecule has 1 heterocycles. The molecule has 2 rings (SSSR count). The lowest BCUT2D eigenvalue weighted by molar-refractivity contribution is 0.322. The molecule has 160 valence electrons. The van der Waals surface area contributed by atoms with E-state index in [2.05, 4.69) is 15.6 Å². The van der Waals surface area contributed by atoms with Crippen LogP contribution in [0.5, 0.6) is 17.2 Å². The molecule has 2 aromatic rings. The minimum Gasteiger partial charge on any atom is -0.493 e. The quantitative estimate of drug-likeness (QED) is 0.458. The zero-order chi connectivity index (χ0) is 21.4. The normalized spacial score (nSPS) is 11.3. The number of ether oxygens (including phenoxy) is 3. The Morgan fingerprint density at radius 3 is 2.34 bits per heavy atom. The fraction of sp³-hybridized carbons (Fsp3) is 0.450. The molecule has 1 aromatic heterocycles. The van der Waals surface area contributed by atoms with Crippen molar-refractivity contribution >= 4 is 29.2 Å². The van der Waals surface area contributed by atoms with Gasteiger partial charge in [0.15, 0.2) is 17.5 Å². The molecule has 0 saturated heterocycles. The SMILES string of the molecule is CCNC(=NCc1cc(Cl)c(Cl)n1C)NCCc1ccc(OC)c(OC)c1OC. The van der Waals surface area contributed by atoms with Gasteiger partial charge in [0, 0.05) is 31.4 Å². The van der Waals surface area contributed by atoms with E-state index in [1.807, 2.05) is 36.7 Å². The third-order valence-corrected chi connectivity index (χ3v) is 5.27. The van der Waals surface area contributed by atoms with Crippen molar-refractivity contribution in [2.75, 3.05) is 34.4 Å². The first-order chi connectivity index (χ1) is 14.0. The van der Waals surface area contributed by atoms with Crippen LogP contribution in [0.2, 0.25) is 10.2 Å². The Hall–Kier alpha value is -2.25. The van der Waals surface area contributed by atoms with Crippen molar-refractivity contribution in [1.82, 2.24) is 15.2 Å². The zero-order valence-corrected chi connectivity index (χ0v) is 18.9. The predicted octanol–water partition coefficient (Wildman–Crippen LogP) is 3.66. The lowest BCUT2D eigenvalue weighted by Crippen LogP contribution is -2.38. The number of methoxy groups -OCH3 is 3. The van der Waals surface area contributed by atoms with Crippen molar-refractivity contribution in [1.29, 1.82) is 0 Å². The van der Waals surface area contributed by atoms with Gasteiger partial charge in [-0.15, -0.1) is 0 Å². The highest BCUT2D eigenvalue weighted by atomic mass is 35.5.